The average Bonchev–Trinajstić information content (AvgIpc) is 2.09. The van der Waals surface area contributed by atoms with Crippen LogP contribution in [0.1, 0.15) is 23.6 Å². The number of hydrogen-bond donors (Lipinski definition) is 1. The first-order valence-electron chi connectivity index (χ1n) is 4.61. The fraction of sp³-hybridized carbons (Fsp3) is 0.455. The number of nitrogens with one attached hydrogen (secondary N) is 1. The van der Waals surface area contributed by atoms with E-state index in [1.807, 2.05) is 13.0 Å². The van der Waals surface area contributed by atoms with Crippen LogP contribution in [-0.4, -0.2) is 6.54 Å². The van der Waals surface area contributed by atoms with E-state index in [1.54, 1.807) is 0 Å². The molecule has 1 nitrogen and oxygen atoms in total. The second-order valence-electron chi connectivity index (χ2n) is 3.31. The van der Waals surface area contributed by atoms with Gasteiger partial charge in [0.25, 0.3) is 0 Å². The third kappa shape index (κ3) is 2.71. The van der Waals surface area contributed by atoms with Crippen molar-refractivity contribution in [1.82, 2.24) is 5.32 Å². The minimum atomic E-state index is 0.859. The summed E-state index contributed by atoms with van der Waals surface area (Å²) in [7, 11) is 0. The normalized spacial score (nSPS) is 10.5. The molecule has 0 radical (unpaired) electrons. The van der Waals surface area contributed by atoms with Crippen LogP contribution in [-0.2, 0) is 6.54 Å². The van der Waals surface area contributed by atoms with Crippen LogP contribution >= 0.6 is 11.6 Å². The molecule has 1 aromatic carbocycles. The van der Waals surface area contributed by atoms with E-state index in [1.165, 1.54) is 11.1 Å². The van der Waals surface area contributed by atoms with Gasteiger partial charge < -0.3 is 5.32 Å². The number of rotatable bonds is 3. The molecule has 0 amide bonds. The predicted molar refractivity (Wildman–Crippen MR) is 58.3 cm³/mol. The molecule has 0 fully saturated rings. The van der Waals surface area contributed by atoms with Crippen molar-refractivity contribution in [2.24, 2.45) is 0 Å². The Morgan fingerprint density at radius 1 is 1.23 bits per heavy atom. The molecule has 2 heteroatoms. The van der Waals surface area contributed by atoms with E-state index < -0.39 is 0 Å². The first kappa shape index (κ1) is 10.6. The third-order valence-corrected chi connectivity index (χ3v) is 2.59. The van der Waals surface area contributed by atoms with Crippen LogP contribution < -0.4 is 5.32 Å². The highest BCUT2D eigenvalue weighted by atomic mass is 35.5. The summed E-state index contributed by atoms with van der Waals surface area (Å²) in [6.07, 6.45) is 0. The molecule has 0 spiro atoms. The molecule has 0 aliphatic heterocycles. The summed E-state index contributed by atoms with van der Waals surface area (Å²) >= 11 is 6.00. The topological polar surface area (TPSA) is 12.0 Å². The summed E-state index contributed by atoms with van der Waals surface area (Å²) in [5.74, 6) is 0. The van der Waals surface area contributed by atoms with Gasteiger partial charge in [0.1, 0.15) is 0 Å². The van der Waals surface area contributed by atoms with E-state index in [-0.39, 0.29) is 0 Å². The number of halogens is 1. The van der Waals surface area contributed by atoms with E-state index in [9.17, 15) is 0 Å². The van der Waals surface area contributed by atoms with Crippen LogP contribution in [0.15, 0.2) is 12.1 Å². The maximum absolute atomic E-state index is 6.00. The SMILES string of the molecule is CCNCc1cc(C)c(Cl)cc1C. The lowest BCUT2D eigenvalue weighted by Crippen LogP contribution is -2.12. The van der Waals surface area contributed by atoms with Crippen LogP contribution in [0.3, 0.4) is 0 Å². The fourth-order valence-corrected chi connectivity index (χ4v) is 1.51. The summed E-state index contributed by atoms with van der Waals surface area (Å²) < 4.78 is 0. The van der Waals surface area contributed by atoms with Gasteiger partial charge in [0.2, 0.25) is 0 Å². The molecule has 0 atom stereocenters. The Morgan fingerprint density at radius 3 is 2.54 bits per heavy atom. The second-order valence-corrected chi connectivity index (χ2v) is 3.72. The molecule has 0 bridgehead atoms. The van der Waals surface area contributed by atoms with Gasteiger partial charge in [-0.1, -0.05) is 24.6 Å². The van der Waals surface area contributed by atoms with Crippen LogP contribution in [0, 0.1) is 13.8 Å². The van der Waals surface area contributed by atoms with Crippen molar-refractivity contribution in [2.75, 3.05) is 6.54 Å². The van der Waals surface area contributed by atoms with Crippen molar-refractivity contribution in [2.45, 2.75) is 27.3 Å². The van der Waals surface area contributed by atoms with Gasteiger partial charge in [-0.15, -0.1) is 0 Å². The summed E-state index contributed by atoms with van der Waals surface area (Å²) in [5, 5.41) is 4.17. The Balaban J connectivity index is 2.88. The van der Waals surface area contributed by atoms with E-state index in [0.29, 0.717) is 0 Å². The lowest BCUT2D eigenvalue weighted by atomic mass is 10.1. The summed E-state index contributed by atoms with van der Waals surface area (Å²) in [6, 6.07) is 4.18. The predicted octanol–water partition coefficient (Wildman–Crippen LogP) is 3.07. The highest BCUT2D eigenvalue weighted by Gasteiger charge is 2.01. The monoisotopic (exact) mass is 197 g/mol. The van der Waals surface area contributed by atoms with E-state index in [2.05, 4.69) is 25.2 Å². The highest BCUT2D eigenvalue weighted by Crippen LogP contribution is 2.20. The molecule has 13 heavy (non-hydrogen) atoms. The van der Waals surface area contributed by atoms with Crippen molar-refractivity contribution in [3.63, 3.8) is 0 Å². The first-order chi connectivity index (χ1) is 6.15. The Kier molecular flexibility index (Phi) is 3.76. The number of benzene rings is 1. The Labute approximate surface area is 85.1 Å². The Hall–Kier alpha value is -0.530. The van der Waals surface area contributed by atoms with Gasteiger partial charge in [0, 0.05) is 11.6 Å². The molecule has 0 saturated carbocycles. The van der Waals surface area contributed by atoms with E-state index in [4.69, 9.17) is 11.6 Å². The van der Waals surface area contributed by atoms with Crippen molar-refractivity contribution >= 4 is 11.6 Å². The van der Waals surface area contributed by atoms with Crippen molar-refractivity contribution in [3.05, 3.63) is 33.8 Å². The van der Waals surface area contributed by atoms with Crippen molar-refractivity contribution in [3.8, 4) is 0 Å². The van der Waals surface area contributed by atoms with Gasteiger partial charge in [-0.2, -0.15) is 0 Å². The number of aryl methyl sites for hydroxylation is 2. The molecule has 0 unspecified atom stereocenters. The molecule has 0 saturated heterocycles. The quantitative estimate of drug-likeness (QED) is 0.786. The van der Waals surface area contributed by atoms with Gasteiger partial charge in [-0.25, -0.2) is 0 Å². The van der Waals surface area contributed by atoms with Gasteiger partial charge in [0.05, 0.1) is 0 Å². The molecule has 72 valence electrons. The van der Waals surface area contributed by atoms with Crippen LogP contribution in [0.25, 0.3) is 0 Å². The molecule has 1 rings (SSSR count). The van der Waals surface area contributed by atoms with Crippen LogP contribution in [0.2, 0.25) is 5.02 Å². The minimum absolute atomic E-state index is 0.859. The van der Waals surface area contributed by atoms with Crippen LogP contribution in [0.5, 0.6) is 0 Å². The smallest absolute Gasteiger partial charge is 0.0438 e. The molecular weight excluding hydrogens is 182 g/mol. The molecule has 1 N–H and O–H groups in total. The molecular formula is C11H16ClN. The first-order valence-corrected chi connectivity index (χ1v) is 4.99. The minimum Gasteiger partial charge on any atom is -0.313 e. The van der Waals surface area contributed by atoms with Crippen molar-refractivity contribution in [1.29, 1.82) is 0 Å². The maximum Gasteiger partial charge on any atom is 0.0438 e. The molecule has 0 aliphatic carbocycles. The van der Waals surface area contributed by atoms with Gasteiger partial charge >= 0.3 is 0 Å². The fourth-order valence-electron chi connectivity index (χ4n) is 1.29. The summed E-state index contributed by atoms with van der Waals surface area (Å²) in [4.78, 5) is 0. The van der Waals surface area contributed by atoms with Gasteiger partial charge in [-0.05, 0) is 43.1 Å². The summed E-state index contributed by atoms with van der Waals surface area (Å²) in [6.45, 7) is 8.18. The highest BCUT2D eigenvalue weighted by molar-refractivity contribution is 6.31. The molecule has 0 heterocycles. The van der Waals surface area contributed by atoms with E-state index in [0.717, 1.165) is 23.7 Å². The average molecular weight is 198 g/mol. The van der Waals surface area contributed by atoms with Gasteiger partial charge in [0.15, 0.2) is 0 Å². The maximum atomic E-state index is 6.00. The summed E-state index contributed by atoms with van der Waals surface area (Å²) in [5.41, 5.74) is 3.75. The third-order valence-electron chi connectivity index (χ3n) is 2.18. The molecule has 1 aromatic rings. The van der Waals surface area contributed by atoms with Gasteiger partial charge in [-0.3, -0.25) is 0 Å². The lowest BCUT2D eigenvalue weighted by Gasteiger charge is -2.08. The second kappa shape index (κ2) is 4.64. The standard InChI is InChI=1S/C11H16ClN/c1-4-13-7-10-5-9(3)11(12)6-8(10)2/h5-6,13H,4,7H2,1-3H3. The lowest BCUT2D eigenvalue weighted by molar-refractivity contribution is 0.723. The zero-order valence-corrected chi connectivity index (χ0v) is 9.20. The van der Waals surface area contributed by atoms with Crippen LogP contribution in [0.4, 0.5) is 0 Å². The zero-order chi connectivity index (χ0) is 9.84. The number of hydrogen-bond acceptors (Lipinski definition) is 1. The molecule has 0 aliphatic rings. The van der Waals surface area contributed by atoms with Crippen molar-refractivity contribution < 1.29 is 0 Å². The largest absolute Gasteiger partial charge is 0.313 e. The molecule has 0 aromatic heterocycles. The van der Waals surface area contributed by atoms with E-state index >= 15 is 0 Å². The Bertz CT molecular complexity index is 294. The Morgan fingerprint density at radius 2 is 1.92 bits per heavy atom. The zero-order valence-electron chi connectivity index (χ0n) is 8.45.